The number of hydrogen-bond donors (Lipinski definition) is 2. The third kappa shape index (κ3) is 6.59. The van der Waals surface area contributed by atoms with Gasteiger partial charge in [0.25, 0.3) is 15.9 Å². The highest BCUT2D eigenvalue weighted by Gasteiger charge is 2.33. The Morgan fingerprint density at radius 2 is 1.55 bits per heavy atom. The topological polar surface area (TPSA) is 84.5 Å². The van der Waals surface area contributed by atoms with Crippen molar-refractivity contribution in [3.8, 4) is 5.75 Å². The molecule has 0 atom stereocenters. The molecule has 0 saturated heterocycles. The molecule has 0 fully saturated rings. The molecule has 0 aliphatic heterocycles. The van der Waals surface area contributed by atoms with Crippen molar-refractivity contribution in [2.45, 2.75) is 11.1 Å². The van der Waals surface area contributed by atoms with Crippen molar-refractivity contribution in [1.29, 1.82) is 0 Å². The largest absolute Gasteiger partial charge is 0.484 e. The van der Waals surface area contributed by atoms with E-state index in [-0.39, 0.29) is 22.0 Å². The lowest BCUT2D eigenvalue weighted by atomic mass is 10.2. The van der Waals surface area contributed by atoms with Crippen molar-refractivity contribution in [3.05, 3.63) is 83.1 Å². The molecule has 12 heteroatoms. The first kappa shape index (κ1) is 24.3. The highest BCUT2D eigenvalue weighted by Crippen LogP contribution is 2.36. The summed E-state index contributed by atoms with van der Waals surface area (Å²) < 4.78 is 84.0. The van der Waals surface area contributed by atoms with Gasteiger partial charge >= 0.3 is 6.18 Å². The Kier molecular flexibility index (Phi) is 7.13. The maximum Gasteiger partial charge on any atom is 0.417 e. The molecule has 0 saturated carbocycles. The number of benzene rings is 3. The molecule has 3 aromatic rings. The van der Waals surface area contributed by atoms with Crippen molar-refractivity contribution in [2.24, 2.45) is 0 Å². The zero-order valence-corrected chi connectivity index (χ0v) is 18.1. The summed E-state index contributed by atoms with van der Waals surface area (Å²) in [4.78, 5) is 11.9. The Morgan fingerprint density at radius 3 is 2.15 bits per heavy atom. The molecule has 0 aliphatic rings. The molecule has 2 N–H and O–H groups in total. The number of rotatable bonds is 7. The van der Waals surface area contributed by atoms with Gasteiger partial charge in [0.2, 0.25) is 0 Å². The third-order valence-electron chi connectivity index (χ3n) is 4.16. The van der Waals surface area contributed by atoms with Crippen LogP contribution in [0.25, 0.3) is 0 Å². The van der Waals surface area contributed by atoms with Crippen LogP contribution in [-0.2, 0) is 21.0 Å². The standard InChI is InChI=1S/C21H15ClF4N2O4S/c22-19-10-5-15(11-18(19)21(24,25)26)27-20(29)12-32-16-6-8-17(9-7-16)33(30,31)28-14-3-1-13(23)2-4-14/h1-11,28H,12H2,(H,27,29). The van der Waals surface area contributed by atoms with Gasteiger partial charge in [0, 0.05) is 11.4 Å². The number of alkyl halides is 3. The van der Waals surface area contributed by atoms with Gasteiger partial charge in [-0.3, -0.25) is 9.52 Å². The van der Waals surface area contributed by atoms with Crippen LogP contribution in [0.2, 0.25) is 5.02 Å². The van der Waals surface area contributed by atoms with E-state index < -0.39 is 45.1 Å². The summed E-state index contributed by atoms with van der Waals surface area (Å²) >= 11 is 5.54. The van der Waals surface area contributed by atoms with E-state index in [0.717, 1.165) is 18.2 Å². The highest BCUT2D eigenvalue weighted by molar-refractivity contribution is 7.92. The predicted octanol–water partition coefficient (Wildman–Crippen LogP) is 5.32. The normalized spacial score (nSPS) is 11.7. The van der Waals surface area contributed by atoms with Gasteiger partial charge in [-0.15, -0.1) is 0 Å². The molecule has 3 rings (SSSR count). The van der Waals surface area contributed by atoms with E-state index in [4.69, 9.17) is 16.3 Å². The van der Waals surface area contributed by atoms with E-state index in [1.165, 1.54) is 42.5 Å². The SMILES string of the molecule is O=C(COc1ccc(S(=O)(=O)Nc2ccc(F)cc2)cc1)Nc1ccc(Cl)c(C(F)(F)F)c1. The van der Waals surface area contributed by atoms with Crippen LogP contribution in [0.4, 0.5) is 28.9 Å². The molecule has 0 bridgehead atoms. The van der Waals surface area contributed by atoms with E-state index in [9.17, 15) is 30.8 Å². The number of anilines is 2. The van der Waals surface area contributed by atoms with Crippen LogP contribution in [0.3, 0.4) is 0 Å². The van der Waals surface area contributed by atoms with Gasteiger partial charge in [-0.2, -0.15) is 13.2 Å². The summed E-state index contributed by atoms with van der Waals surface area (Å²) in [7, 11) is -3.94. The first-order valence-electron chi connectivity index (χ1n) is 9.12. The van der Waals surface area contributed by atoms with Gasteiger partial charge in [0.05, 0.1) is 15.5 Å². The number of nitrogens with one attached hydrogen (secondary N) is 2. The number of sulfonamides is 1. The minimum Gasteiger partial charge on any atom is -0.484 e. The van der Waals surface area contributed by atoms with E-state index >= 15 is 0 Å². The minimum atomic E-state index is -4.68. The second-order valence-electron chi connectivity index (χ2n) is 6.61. The van der Waals surface area contributed by atoms with Gasteiger partial charge in [0.15, 0.2) is 6.61 Å². The van der Waals surface area contributed by atoms with Crippen molar-refractivity contribution in [3.63, 3.8) is 0 Å². The van der Waals surface area contributed by atoms with Crippen LogP contribution in [0, 0.1) is 5.82 Å². The summed E-state index contributed by atoms with van der Waals surface area (Å²) in [6.07, 6.45) is -4.68. The smallest absolute Gasteiger partial charge is 0.417 e. The highest BCUT2D eigenvalue weighted by atomic mass is 35.5. The van der Waals surface area contributed by atoms with Crippen molar-refractivity contribution in [2.75, 3.05) is 16.6 Å². The number of carbonyl (C=O) groups is 1. The molecule has 1 amide bonds. The molecule has 174 valence electrons. The summed E-state index contributed by atoms with van der Waals surface area (Å²) in [6.45, 7) is -0.538. The molecule has 3 aromatic carbocycles. The first-order valence-corrected chi connectivity index (χ1v) is 11.0. The van der Waals surface area contributed by atoms with Crippen molar-refractivity contribution >= 4 is 38.9 Å². The number of carbonyl (C=O) groups excluding carboxylic acids is 1. The second-order valence-corrected chi connectivity index (χ2v) is 8.70. The maximum absolute atomic E-state index is 12.9. The van der Waals surface area contributed by atoms with Crippen molar-refractivity contribution in [1.82, 2.24) is 0 Å². The fourth-order valence-corrected chi connectivity index (χ4v) is 3.90. The molecule has 33 heavy (non-hydrogen) atoms. The third-order valence-corrected chi connectivity index (χ3v) is 5.88. The van der Waals surface area contributed by atoms with E-state index in [0.29, 0.717) is 6.07 Å². The second kappa shape index (κ2) is 9.67. The van der Waals surface area contributed by atoms with Crippen LogP contribution >= 0.6 is 11.6 Å². The number of amides is 1. The molecule has 0 heterocycles. The summed E-state index contributed by atoms with van der Waals surface area (Å²) in [5.41, 5.74) is -1.04. The van der Waals surface area contributed by atoms with Crippen LogP contribution in [0.1, 0.15) is 5.56 Å². The van der Waals surface area contributed by atoms with E-state index in [1.807, 2.05) is 0 Å². The molecule has 0 unspecified atom stereocenters. The van der Waals surface area contributed by atoms with Crippen LogP contribution in [0.5, 0.6) is 5.75 Å². The number of hydrogen-bond acceptors (Lipinski definition) is 4. The Labute approximate surface area is 191 Å². The molecular formula is C21H15ClF4N2O4S. The van der Waals surface area contributed by atoms with Crippen LogP contribution in [0.15, 0.2) is 71.6 Å². The Hall–Kier alpha value is -3.31. The van der Waals surface area contributed by atoms with Crippen LogP contribution in [-0.4, -0.2) is 20.9 Å². The lowest BCUT2D eigenvalue weighted by Crippen LogP contribution is -2.20. The molecule has 6 nitrogen and oxygen atoms in total. The Balaban J connectivity index is 1.59. The first-order chi connectivity index (χ1) is 15.4. The lowest BCUT2D eigenvalue weighted by molar-refractivity contribution is -0.137. The van der Waals surface area contributed by atoms with Gasteiger partial charge in [-0.25, -0.2) is 12.8 Å². The monoisotopic (exact) mass is 502 g/mol. The summed E-state index contributed by atoms with van der Waals surface area (Å²) in [5, 5.41) is 1.76. The quantitative estimate of drug-likeness (QED) is 0.428. The van der Waals surface area contributed by atoms with Gasteiger partial charge < -0.3 is 10.1 Å². The minimum absolute atomic E-state index is 0.107. The molecule has 0 radical (unpaired) electrons. The average molecular weight is 503 g/mol. The van der Waals surface area contributed by atoms with Crippen molar-refractivity contribution < 1.29 is 35.5 Å². The summed E-state index contributed by atoms with van der Waals surface area (Å²) in [5.74, 6) is -1.10. The average Bonchev–Trinajstić information content (AvgIpc) is 2.75. The molecular weight excluding hydrogens is 488 g/mol. The predicted molar refractivity (Wildman–Crippen MR) is 114 cm³/mol. The fourth-order valence-electron chi connectivity index (χ4n) is 2.61. The fraction of sp³-hybridized carbons (Fsp3) is 0.0952. The van der Waals surface area contributed by atoms with Gasteiger partial charge in [-0.05, 0) is 66.7 Å². The van der Waals surface area contributed by atoms with Gasteiger partial charge in [0.1, 0.15) is 11.6 Å². The van der Waals surface area contributed by atoms with E-state index in [1.54, 1.807) is 0 Å². The zero-order valence-electron chi connectivity index (χ0n) is 16.5. The van der Waals surface area contributed by atoms with E-state index in [2.05, 4.69) is 10.0 Å². The number of halogens is 5. The number of ether oxygens (including phenoxy) is 1. The summed E-state index contributed by atoms with van der Waals surface area (Å²) in [6, 6.07) is 12.7. The molecule has 0 aromatic heterocycles. The maximum atomic E-state index is 12.9. The lowest BCUT2D eigenvalue weighted by Gasteiger charge is -2.12. The Bertz CT molecular complexity index is 1250. The molecule has 0 aliphatic carbocycles. The van der Waals surface area contributed by atoms with Gasteiger partial charge in [-0.1, -0.05) is 11.6 Å². The zero-order chi connectivity index (χ0) is 24.2. The van der Waals surface area contributed by atoms with Crippen LogP contribution < -0.4 is 14.8 Å². The Morgan fingerprint density at radius 1 is 0.939 bits per heavy atom. The molecule has 0 spiro atoms.